The van der Waals surface area contributed by atoms with E-state index in [1.807, 2.05) is 24.3 Å². The molecular formula is C19H17Cl2NO. The second kappa shape index (κ2) is 5.77. The average molecular weight is 346 g/mol. The molecule has 118 valence electrons. The monoisotopic (exact) mass is 345 g/mol. The first kappa shape index (κ1) is 14.9. The Morgan fingerprint density at radius 3 is 2.65 bits per heavy atom. The van der Waals surface area contributed by atoms with E-state index in [1.165, 1.54) is 5.56 Å². The van der Waals surface area contributed by atoms with Crippen LogP contribution < -0.4 is 10.1 Å². The van der Waals surface area contributed by atoms with E-state index in [0.717, 1.165) is 33.5 Å². The highest BCUT2D eigenvalue weighted by molar-refractivity contribution is 6.36. The highest BCUT2D eigenvalue weighted by Crippen LogP contribution is 2.52. The molecule has 2 aromatic rings. The minimum Gasteiger partial charge on any atom is -0.497 e. The van der Waals surface area contributed by atoms with E-state index in [1.54, 1.807) is 7.11 Å². The van der Waals surface area contributed by atoms with Crippen LogP contribution in [0, 0.1) is 5.92 Å². The van der Waals surface area contributed by atoms with E-state index >= 15 is 0 Å². The number of fused-ring (bicyclic) bond motifs is 3. The van der Waals surface area contributed by atoms with Gasteiger partial charge in [-0.1, -0.05) is 41.4 Å². The molecule has 0 fully saturated rings. The van der Waals surface area contributed by atoms with Crippen LogP contribution in [-0.4, -0.2) is 7.11 Å². The summed E-state index contributed by atoms with van der Waals surface area (Å²) in [6, 6.07) is 12.0. The van der Waals surface area contributed by atoms with Crippen LogP contribution in [0.3, 0.4) is 0 Å². The number of anilines is 1. The Bertz CT molecular complexity index is 767. The number of benzene rings is 2. The summed E-state index contributed by atoms with van der Waals surface area (Å²) in [5.41, 5.74) is 3.40. The summed E-state index contributed by atoms with van der Waals surface area (Å²) in [5, 5.41) is 5.09. The van der Waals surface area contributed by atoms with Crippen LogP contribution in [0.15, 0.2) is 48.6 Å². The minimum atomic E-state index is 0.108. The van der Waals surface area contributed by atoms with Crippen molar-refractivity contribution in [1.82, 2.24) is 0 Å². The van der Waals surface area contributed by atoms with E-state index in [4.69, 9.17) is 27.9 Å². The summed E-state index contributed by atoms with van der Waals surface area (Å²) < 4.78 is 5.38. The lowest BCUT2D eigenvalue weighted by Gasteiger charge is -2.38. The zero-order chi connectivity index (χ0) is 16.0. The lowest BCUT2D eigenvalue weighted by atomic mass is 9.77. The van der Waals surface area contributed by atoms with Crippen LogP contribution >= 0.6 is 23.2 Å². The molecule has 0 aromatic heterocycles. The molecule has 2 nitrogen and oxygen atoms in total. The zero-order valence-electron chi connectivity index (χ0n) is 12.7. The molecule has 3 atom stereocenters. The number of nitrogens with one attached hydrogen (secondary N) is 1. The van der Waals surface area contributed by atoms with Crippen LogP contribution in [0.25, 0.3) is 0 Å². The predicted octanol–water partition coefficient (Wildman–Crippen LogP) is 5.83. The number of hydrogen-bond acceptors (Lipinski definition) is 2. The van der Waals surface area contributed by atoms with E-state index in [2.05, 4.69) is 29.6 Å². The predicted molar refractivity (Wildman–Crippen MR) is 95.8 cm³/mol. The molecule has 2 aliphatic rings. The van der Waals surface area contributed by atoms with Gasteiger partial charge in [0.2, 0.25) is 0 Å². The third-order valence-corrected chi connectivity index (χ3v) is 5.54. The summed E-state index contributed by atoms with van der Waals surface area (Å²) >= 11 is 12.9. The van der Waals surface area contributed by atoms with Gasteiger partial charge in [0.05, 0.1) is 13.2 Å². The molecule has 1 heterocycles. The fourth-order valence-corrected chi connectivity index (χ4v) is 4.43. The van der Waals surface area contributed by atoms with Crippen LogP contribution in [-0.2, 0) is 0 Å². The number of ether oxygens (including phenoxy) is 1. The second-order valence-corrected chi connectivity index (χ2v) is 6.88. The third kappa shape index (κ3) is 2.41. The number of halogens is 2. The molecule has 0 saturated heterocycles. The Morgan fingerprint density at radius 2 is 1.91 bits per heavy atom. The number of methoxy groups -OCH3 is 1. The van der Waals surface area contributed by atoms with Crippen molar-refractivity contribution in [3.63, 3.8) is 0 Å². The molecule has 4 heteroatoms. The van der Waals surface area contributed by atoms with Crippen molar-refractivity contribution in [2.45, 2.75) is 18.4 Å². The van der Waals surface area contributed by atoms with Gasteiger partial charge >= 0.3 is 0 Å². The molecule has 1 N–H and O–H groups in total. The molecule has 1 aliphatic heterocycles. The summed E-state index contributed by atoms with van der Waals surface area (Å²) in [6.07, 6.45) is 5.56. The van der Waals surface area contributed by atoms with Crippen molar-refractivity contribution in [2.75, 3.05) is 12.4 Å². The molecule has 3 unspecified atom stereocenters. The van der Waals surface area contributed by atoms with E-state index in [0.29, 0.717) is 11.8 Å². The van der Waals surface area contributed by atoms with Gasteiger partial charge in [0.25, 0.3) is 0 Å². The van der Waals surface area contributed by atoms with E-state index in [-0.39, 0.29) is 6.04 Å². The van der Waals surface area contributed by atoms with Gasteiger partial charge in [-0.05, 0) is 48.2 Å². The second-order valence-electron chi connectivity index (χ2n) is 6.06. The maximum Gasteiger partial charge on any atom is 0.119 e. The molecule has 0 bridgehead atoms. The number of rotatable bonds is 2. The maximum atomic E-state index is 6.46. The Morgan fingerprint density at radius 1 is 1.13 bits per heavy atom. The van der Waals surface area contributed by atoms with Crippen LogP contribution in [0.5, 0.6) is 5.75 Å². The lowest BCUT2D eigenvalue weighted by molar-refractivity contribution is 0.405. The van der Waals surface area contributed by atoms with Crippen LogP contribution in [0.2, 0.25) is 10.0 Å². The zero-order valence-corrected chi connectivity index (χ0v) is 14.2. The van der Waals surface area contributed by atoms with Gasteiger partial charge in [-0.25, -0.2) is 0 Å². The standard InChI is InChI=1S/C19H17Cl2NO/c1-23-11-8-9-17-14(10-11)12-4-2-5-13(12)19(22-17)18-15(20)6-3-7-16(18)21/h2-4,6-10,12-13,19,22H,5H2,1H3. The molecule has 0 spiro atoms. The van der Waals surface area contributed by atoms with Crippen molar-refractivity contribution in [1.29, 1.82) is 0 Å². The number of allylic oxidation sites excluding steroid dienone is 2. The lowest BCUT2D eigenvalue weighted by Crippen LogP contribution is -2.29. The molecule has 1 aliphatic carbocycles. The third-order valence-electron chi connectivity index (χ3n) is 4.88. The smallest absolute Gasteiger partial charge is 0.119 e. The van der Waals surface area contributed by atoms with E-state index < -0.39 is 0 Å². The fourth-order valence-electron chi connectivity index (χ4n) is 3.79. The minimum absolute atomic E-state index is 0.108. The fraction of sp³-hybridized carbons (Fsp3) is 0.263. The van der Waals surface area contributed by atoms with Gasteiger partial charge in [0, 0.05) is 27.2 Å². The quantitative estimate of drug-likeness (QED) is 0.691. The maximum absolute atomic E-state index is 6.46. The van der Waals surface area contributed by atoms with Crippen LogP contribution in [0.4, 0.5) is 5.69 Å². The number of hydrogen-bond donors (Lipinski definition) is 1. The highest BCUT2D eigenvalue weighted by Gasteiger charge is 2.39. The molecule has 0 saturated carbocycles. The first-order valence-electron chi connectivity index (χ1n) is 7.74. The summed E-state index contributed by atoms with van der Waals surface area (Å²) in [6.45, 7) is 0. The highest BCUT2D eigenvalue weighted by atomic mass is 35.5. The first-order chi connectivity index (χ1) is 11.2. The Kier molecular flexibility index (Phi) is 3.74. The normalized spacial score (nSPS) is 24.7. The molecule has 0 radical (unpaired) electrons. The molecule has 4 rings (SSSR count). The topological polar surface area (TPSA) is 21.3 Å². The summed E-state index contributed by atoms with van der Waals surface area (Å²) in [5.74, 6) is 1.66. The van der Waals surface area contributed by atoms with Crippen LogP contribution in [0.1, 0.15) is 29.5 Å². The van der Waals surface area contributed by atoms with Gasteiger partial charge in [0.15, 0.2) is 0 Å². The van der Waals surface area contributed by atoms with E-state index in [9.17, 15) is 0 Å². The van der Waals surface area contributed by atoms with Crippen molar-refractivity contribution in [2.24, 2.45) is 5.92 Å². The molecule has 2 aromatic carbocycles. The SMILES string of the molecule is COc1ccc2c(c1)C1C=CCC1C(c1c(Cl)cccc1Cl)N2. The van der Waals surface area contributed by atoms with Gasteiger partial charge in [-0.2, -0.15) is 0 Å². The van der Waals surface area contributed by atoms with Gasteiger partial charge in [0.1, 0.15) is 5.75 Å². The van der Waals surface area contributed by atoms with Gasteiger partial charge in [-0.15, -0.1) is 0 Å². The first-order valence-corrected chi connectivity index (χ1v) is 8.49. The van der Waals surface area contributed by atoms with Crippen molar-refractivity contribution in [3.05, 3.63) is 69.7 Å². The molecule has 23 heavy (non-hydrogen) atoms. The Balaban J connectivity index is 1.82. The molecular weight excluding hydrogens is 329 g/mol. The van der Waals surface area contributed by atoms with Gasteiger partial charge < -0.3 is 10.1 Å². The largest absolute Gasteiger partial charge is 0.497 e. The Hall–Kier alpha value is -1.64. The average Bonchev–Trinajstić information content (AvgIpc) is 3.04. The van der Waals surface area contributed by atoms with Gasteiger partial charge in [-0.3, -0.25) is 0 Å². The molecule has 0 amide bonds. The van der Waals surface area contributed by atoms with Crippen molar-refractivity contribution < 1.29 is 4.74 Å². The van der Waals surface area contributed by atoms with Crippen molar-refractivity contribution in [3.8, 4) is 5.75 Å². The van der Waals surface area contributed by atoms with Crippen molar-refractivity contribution >= 4 is 28.9 Å². The Labute approximate surface area is 146 Å². The summed E-state index contributed by atoms with van der Waals surface area (Å²) in [7, 11) is 1.70. The summed E-state index contributed by atoms with van der Waals surface area (Å²) in [4.78, 5) is 0.